The van der Waals surface area contributed by atoms with Crippen LogP contribution in [0.3, 0.4) is 0 Å². The summed E-state index contributed by atoms with van der Waals surface area (Å²) in [6.45, 7) is 3.71. The highest BCUT2D eigenvalue weighted by Gasteiger charge is 2.19. The maximum Gasteiger partial charge on any atom is 0.234 e. The Morgan fingerprint density at radius 3 is 2.43 bits per heavy atom. The molecule has 0 heterocycles. The zero-order chi connectivity index (χ0) is 16.0. The fourth-order valence-electron chi connectivity index (χ4n) is 1.82. The van der Waals surface area contributed by atoms with Crippen LogP contribution in [0.1, 0.15) is 24.2 Å². The van der Waals surface area contributed by atoms with Crippen molar-refractivity contribution in [3.8, 4) is 0 Å². The second-order valence-corrected chi connectivity index (χ2v) is 6.94. The lowest BCUT2D eigenvalue weighted by molar-refractivity contribution is 0.104. The predicted molar refractivity (Wildman–Crippen MR) is 86.1 cm³/mol. The van der Waals surface area contributed by atoms with Crippen molar-refractivity contribution in [3.63, 3.8) is 0 Å². The second kappa shape index (κ2) is 7.26. The highest BCUT2D eigenvalue weighted by molar-refractivity contribution is 7.92. The van der Waals surface area contributed by atoms with E-state index in [4.69, 9.17) is 0 Å². The first-order chi connectivity index (χ1) is 9.81. The topological polar surface area (TPSA) is 57.7 Å². The van der Waals surface area contributed by atoms with Gasteiger partial charge in [0.05, 0.1) is 11.4 Å². The van der Waals surface area contributed by atoms with Crippen LogP contribution < -0.4 is 4.31 Å². The molecule has 0 spiro atoms. The maximum atomic E-state index is 12.1. The van der Waals surface area contributed by atoms with E-state index in [1.165, 1.54) is 10.4 Å². The van der Waals surface area contributed by atoms with Crippen LogP contribution in [-0.4, -0.2) is 45.5 Å². The van der Waals surface area contributed by atoms with Crippen LogP contribution in [0.2, 0.25) is 0 Å². The van der Waals surface area contributed by atoms with Crippen LogP contribution in [0.15, 0.2) is 36.5 Å². The Balaban J connectivity index is 3.13. The van der Waals surface area contributed by atoms with E-state index < -0.39 is 10.0 Å². The van der Waals surface area contributed by atoms with Gasteiger partial charge in [0, 0.05) is 38.5 Å². The number of benzene rings is 1. The van der Waals surface area contributed by atoms with Crippen LogP contribution in [0, 0.1) is 0 Å². The van der Waals surface area contributed by atoms with Crippen molar-refractivity contribution in [3.05, 3.63) is 42.1 Å². The van der Waals surface area contributed by atoms with E-state index >= 15 is 0 Å². The maximum absolute atomic E-state index is 12.1. The summed E-state index contributed by atoms with van der Waals surface area (Å²) in [6, 6.07) is 6.68. The minimum Gasteiger partial charge on any atom is -0.383 e. The first-order valence-electron chi connectivity index (χ1n) is 6.81. The molecule has 0 saturated heterocycles. The zero-order valence-electron chi connectivity index (χ0n) is 12.9. The normalized spacial score (nSPS) is 11.6. The summed E-state index contributed by atoms with van der Waals surface area (Å²) in [5.74, 6) is -0.130. The Labute approximate surface area is 126 Å². The monoisotopic (exact) mass is 310 g/mol. The molecule has 0 unspecified atom stereocenters. The fraction of sp³-hybridized carbons (Fsp3) is 0.400. The van der Waals surface area contributed by atoms with Gasteiger partial charge in [-0.2, -0.15) is 0 Å². The minimum absolute atomic E-state index is 0.0273. The fourth-order valence-corrected chi connectivity index (χ4v) is 2.96. The van der Waals surface area contributed by atoms with Gasteiger partial charge in [0.15, 0.2) is 5.78 Å². The number of carbonyl (C=O) groups is 1. The van der Waals surface area contributed by atoms with Crippen LogP contribution >= 0.6 is 0 Å². The Kier molecular flexibility index (Phi) is 5.96. The summed E-state index contributed by atoms with van der Waals surface area (Å²) in [4.78, 5) is 13.8. The molecule has 0 N–H and O–H groups in total. The van der Waals surface area contributed by atoms with Gasteiger partial charge in [-0.15, -0.1) is 0 Å². The summed E-state index contributed by atoms with van der Waals surface area (Å²) in [7, 11) is 0.317. The number of ketones is 1. The van der Waals surface area contributed by atoms with Gasteiger partial charge in [-0.05, 0) is 26.0 Å². The number of hydrogen-bond acceptors (Lipinski definition) is 4. The van der Waals surface area contributed by atoms with Crippen LogP contribution in [0.4, 0.5) is 5.69 Å². The van der Waals surface area contributed by atoms with Gasteiger partial charge in [0.1, 0.15) is 0 Å². The van der Waals surface area contributed by atoms with Crippen molar-refractivity contribution in [1.82, 2.24) is 4.90 Å². The van der Waals surface area contributed by atoms with Crippen molar-refractivity contribution < 1.29 is 13.2 Å². The third-order valence-corrected chi connectivity index (χ3v) is 4.80. The van der Waals surface area contributed by atoms with Crippen molar-refractivity contribution >= 4 is 21.5 Å². The Hall–Kier alpha value is -1.82. The predicted octanol–water partition coefficient (Wildman–Crippen LogP) is 2.12. The smallest absolute Gasteiger partial charge is 0.234 e. The minimum atomic E-state index is -3.34. The summed E-state index contributed by atoms with van der Waals surface area (Å²) in [5.41, 5.74) is 0.985. The van der Waals surface area contributed by atoms with E-state index in [2.05, 4.69) is 0 Å². The first-order valence-corrected chi connectivity index (χ1v) is 8.42. The molecule has 6 heteroatoms. The van der Waals surface area contributed by atoms with Gasteiger partial charge in [0.2, 0.25) is 10.0 Å². The van der Waals surface area contributed by atoms with E-state index in [0.29, 0.717) is 17.8 Å². The molecule has 1 rings (SSSR count). The second-order valence-electron chi connectivity index (χ2n) is 4.76. The average molecular weight is 310 g/mol. The molecule has 5 nitrogen and oxygen atoms in total. The van der Waals surface area contributed by atoms with Gasteiger partial charge in [-0.3, -0.25) is 9.10 Å². The molecule has 0 saturated carbocycles. The van der Waals surface area contributed by atoms with E-state index in [1.54, 1.807) is 49.2 Å². The summed E-state index contributed by atoms with van der Waals surface area (Å²) in [6.07, 6.45) is 3.12. The number of anilines is 1. The SMILES string of the molecule is CCN(c1cccc(C(=O)/C=C/N(C)C)c1)S(=O)(=O)CC. The van der Waals surface area contributed by atoms with E-state index in [1.807, 2.05) is 14.1 Å². The lowest BCUT2D eigenvalue weighted by Crippen LogP contribution is -2.32. The standard InChI is InChI=1S/C15H22N2O3S/c1-5-17(21(19,20)6-2)14-9-7-8-13(12-14)15(18)10-11-16(3)4/h7-12H,5-6H2,1-4H3/b11-10+. The highest BCUT2D eigenvalue weighted by Crippen LogP contribution is 2.20. The van der Waals surface area contributed by atoms with Gasteiger partial charge < -0.3 is 4.90 Å². The molecule has 0 aliphatic heterocycles. The Morgan fingerprint density at radius 1 is 1.24 bits per heavy atom. The van der Waals surface area contributed by atoms with Crippen LogP contribution in [0.25, 0.3) is 0 Å². The molecule has 1 aromatic carbocycles. The number of nitrogens with zero attached hydrogens (tertiary/aromatic N) is 2. The van der Waals surface area contributed by atoms with E-state index in [9.17, 15) is 13.2 Å². The number of allylic oxidation sites excluding steroid dienone is 1. The number of hydrogen-bond donors (Lipinski definition) is 0. The van der Waals surface area contributed by atoms with Crippen molar-refractivity contribution in [1.29, 1.82) is 0 Å². The quantitative estimate of drug-likeness (QED) is 0.572. The molecule has 1 aromatic rings. The summed E-state index contributed by atoms with van der Waals surface area (Å²) in [5, 5.41) is 0. The molecule has 0 atom stereocenters. The molecule has 21 heavy (non-hydrogen) atoms. The third-order valence-electron chi connectivity index (χ3n) is 2.93. The lowest BCUT2D eigenvalue weighted by atomic mass is 10.1. The van der Waals surface area contributed by atoms with E-state index in [0.717, 1.165) is 0 Å². The number of sulfonamides is 1. The van der Waals surface area contributed by atoms with Crippen molar-refractivity contribution in [2.75, 3.05) is 30.7 Å². The van der Waals surface area contributed by atoms with Gasteiger partial charge in [-0.1, -0.05) is 12.1 Å². The summed E-state index contributed by atoms with van der Waals surface area (Å²) >= 11 is 0. The first kappa shape index (κ1) is 17.2. The molecule has 0 aliphatic carbocycles. The molecule has 0 amide bonds. The molecule has 0 aromatic heterocycles. The molecular weight excluding hydrogens is 288 g/mol. The molecule has 0 bridgehead atoms. The summed E-state index contributed by atoms with van der Waals surface area (Å²) < 4.78 is 25.4. The number of rotatable bonds is 7. The van der Waals surface area contributed by atoms with Gasteiger partial charge in [-0.25, -0.2) is 8.42 Å². The largest absolute Gasteiger partial charge is 0.383 e. The van der Waals surface area contributed by atoms with Crippen LogP contribution in [-0.2, 0) is 10.0 Å². The highest BCUT2D eigenvalue weighted by atomic mass is 32.2. The number of carbonyl (C=O) groups excluding carboxylic acids is 1. The zero-order valence-corrected chi connectivity index (χ0v) is 13.7. The molecule has 0 fully saturated rings. The van der Waals surface area contributed by atoms with Gasteiger partial charge >= 0.3 is 0 Å². The molecule has 0 aliphatic rings. The molecule has 0 radical (unpaired) electrons. The van der Waals surface area contributed by atoms with Crippen molar-refractivity contribution in [2.24, 2.45) is 0 Å². The molecule has 116 valence electrons. The van der Waals surface area contributed by atoms with E-state index in [-0.39, 0.29) is 11.5 Å². The Bertz CT molecular complexity index is 622. The van der Waals surface area contributed by atoms with Gasteiger partial charge in [0.25, 0.3) is 0 Å². The van der Waals surface area contributed by atoms with Crippen molar-refractivity contribution in [2.45, 2.75) is 13.8 Å². The lowest BCUT2D eigenvalue weighted by Gasteiger charge is -2.22. The molecular formula is C15H22N2O3S. The third kappa shape index (κ3) is 4.60. The Morgan fingerprint density at radius 2 is 1.90 bits per heavy atom. The van der Waals surface area contributed by atoms with Crippen LogP contribution in [0.5, 0.6) is 0 Å². The average Bonchev–Trinajstić information content (AvgIpc) is 2.45.